The Balaban J connectivity index is 1.40. The maximum atomic E-state index is 6.21. The molecule has 0 aromatic carbocycles. The lowest BCUT2D eigenvalue weighted by Gasteiger charge is -2.18. The predicted molar refractivity (Wildman–Crippen MR) is 152 cm³/mol. The van der Waals surface area contributed by atoms with Crippen LogP contribution in [0, 0.1) is 6.92 Å². The highest BCUT2D eigenvalue weighted by Crippen LogP contribution is 2.38. The summed E-state index contributed by atoms with van der Waals surface area (Å²) >= 11 is 0. The van der Waals surface area contributed by atoms with Crippen LogP contribution in [-0.2, 0) is 37.4 Å². The molecule has 0 unspecified atom stereocenters. The minimum absolute atomic E-state index is 0.497. The van der Waals surface area contributed by atoms with Crippen LogP contribution in [0.25, 0.3) is 34.0 Å². The van der Waals surface area contributed by atoms with Crippen LogP contribution in [0.4, 0.5) is 0 Å². The summed E-state index contributed by atoms with van der Waals surface area (Å²) in [5.74, 6) is 0.882. The predicted octanol–water partition coefficient (Wildman–Crippen LogP) is 5.08. The van der Waals surface area contributed by atoms with Gasteiger partial charge < -0.3 is 14.6 Å². The number of aromatic nitrogens is 6. The van der Waals surface area contributed by atoms with E-state index in [1.165, 1.54) is 17.0 Å². The number of ether oxygens (including phenoxy) is 1. The summed E-state index contributed by atoms with van der Waals surface area (Å²) in [6.45, 7) is 13.2. The first kappa shape index (κ1) is 25.2. The highest BCUT2D eigenvalue weighted by molar-refractivity contribution is 6.76. The molecule has 0 fully saturated rings. The molecule has 6 heterocycles. The summed E-state index contributed by atoms with van der Waals surface area (Å²) < 4.78 is 10.6. The molecule has 4 aromatic rings. The fraction of sp³-hybridized carbons (Fsp3) is 0.448. The average molecular weight is 528 g/mol. The van der Waals surface area contributed by atoms with Gasteiger partial charge in [0.25, 0.3) is 0 Å². The van der Waals surface area contributed by atoms with Crippen LogP contribution in [0.1, 0.15) is 29.2 Å². The highest BCUT2D eigenvalue weighted by Gasteiger charge is 2.26. The average Bonchev–Trinajstić information content (AvgIpc) is 3.59. The van der Waals surface area contributed by atoms with E-state index in [9.17, 15) is 0 Å². The summed E-state index contributed by atoms with van der Waals surface area (Å²) in [7, 11) is -1.16. The van der Waals surface area contributed by atoms with Gasteiger partial charge in [-0.15, -0.1) is 0 Å². The van der Waals surface area contributed by atoms with Crippen molar-refractivity contribution in [3.8, 4) is 34.0 Å². The lowest BCUT2D eigenvalue weighted by molar-refractivity contribution is 0.0859. The zero-order valence-electron chi connectivity index (χ0n) is 22.9. The van der Waals surface area contributed by atoms with E-state index < -0.39 is 8.07 Å². The first-order chi connectivity index (χ1) is 18.4. The van der Waals surface area contributed by atoms with Crippen LogP contribution in [0.5, 0.6) is 0 Å². The molecule has 4 aromatic heterocycles. The van der Waals surface area contributed by atoms with Gasteiger partial charge in [-0.3, -0.25) is 14.6 Å². The fourth-order valence-corrected chi connectivity index (χ4v) is 6.17. The third kappa shape index (κ3) is 4.98. The topological polar surface area (TPSA) is 82.7 Å². The van der Waals surface area contributed by atoms with Crippen LogP contribution >= 0.6 is 0 Å². The minimum Gasteiger partial charge on any atom is -0.361 e. The van der Waals surface area contributed by atoms with E-state index in [0.29, 0.717) is 6.73 Å². The van der Waals surface area contributed by atoms with Crippen molar-refractivity contribution in [2.24, 2.45) is 0 Å². The van der Waals surface area contributed by atoms with E-state index in [4.69, 9.17) is 24.8 Å². The first-order valence-corrected chi connectivity index (χ1v) is 17.5. The van der Waals surface area contributed by atoms with Gasteiger partial charge in [-0.1, -0.05) is 25.7 Å². The number of imidazole rings is 1. The Morgan fingerprint density at radius 2 is 1.95 bits per heavy atom. The second-order valence-electron chi connectivity index (χ2n) is 11.6. The largest absolute Gasteiger partial charge is 0.361 e. The number of aryl methyl sites for hydroxylation is 2. The number of hydrogen-bond acceptors (Lipinski definition) is 6. The van der Waals surface area contributed by atoms with Gasteiger partial charge in [0.05, 0.1) is 17.1 Å². The van der Waals surface area contributed by atoms with E-state index in [-0.39, 0.29) is 0 Å². The van der Waals surface area contributed by atoms with E-state index in [1.54, 1.807) is 0 Å². The molecule has 0 atom stereocenters. The van der Waals surface area contributed by atoms with Gasteiger partial charge >= 0.3 is 0 Å². The number of rotatable bonds is 8. The van der Waals surface area contributed by atoms with Crippen LogP contribution in [-0.4, -0.2) is 50.5 Å². The molecule has 0 bridgehead atoms. The summed E-state index contributed by atoms with van der Waals surface area (Å²) in [6.07, 6.45) is 4.96. The van der Waals surface area contributed by atoms with Crippen LogP contribution < -0.4 is 5.32 Å². The lowest BCUT2D eigenvalue weighted by Crippen LogP contribution is -2.26. The molecule has 1 N–H and O–H groups in total. The maximum Gasteiger partial charge on any atom is 0.161 e. The zero-order chi connectivity index (χ0) is 26.3. The zero-order valence-corrected chi connectivity index (χ0v) is 23.9. The molecule has 38 heavy (non-hydrogen) atoms. The van der Waals surface area contributed by atoms with Gasteiger partial charge in [0, 0.05) is 63.9 Å². The van der Waals surface area contributed by atoms with Crippen molar-refractivity contribution >= 4 is 8.07 Å². The lowest BCUT2D eigenvalue weighted by atomic mass is 10.00. The number of nitrogens with one attached hydrogen (secondary N) is 1. The monoisotopic (exact) mass is 527 g/mol. The maximum absolute atomic E-state index is 6.21. The second kappa shape index (κ2) is 10.2. The van der Waals surface area contributed by atoms with Gasteiger partial charge in [0.1, 0.15) is 18.1 Å². The molecule has 0 saturated carbocycles. The summed E-state index contributed by atoms with van der Waals surface area (Å²) in [5, 5.41) is 8.51. The Kier molecular flexibility index (Phi) is 6.75. The summed E-state index contributed by atoms with van der Waals surface area (Å²) in [6, 6.07) is 11.6. The summed E-state index contributed by atoms with van der Waals surface area (Å²) in [5.41, 5.74) is 9.64. The minimum atomic E-state index is -1.16. The van der Waals surface area contributed by atoms with Crippen molar-refractivity contribution < 1.29 is 4.74 Å². The fourth-order valence-electron chi connectivity index (χ4n) is 5.41. The molecule has 0 aliphatic carbocycles. The number of hydrogen-bond donors (Lipinski definition) is 1. The number of pyridine rings is 2. The van der Waals surface area contributed by atoms with Crippen LogP contribution in [0.3, 0.4) is 0 Å². The molecule has 6 rings (SSSR count). The van der Waals surface area contributed by atoms with E-state index in [1.807, 2.05) is 19.2 Å². The van der Waals surface area contributed by atoms with Crippen molar-refractivity contribution in [1.29, 1.82) is 0 Å². The van der Waals surface area contributed by atoms with Gasteiger partial charge in [0.2, 0.25) is 0 Å². The molecule has 0 radical (unpaired) electrons. The highest BCUT2D eigenvalue weighted by atomic mass is 28.3. The quantitative estimate of drug-likeness (QED) is 0.254. The molecule has 0 amide bonds. The van der Waals surface area contributed by atoms with Crippen molar-refractivity contribution in [3.63, 3.8) is 0 Å². The van der Waals surface area contributed by atoms with Crippen LogP contribution in [0.15, 0.2) is 36.5 Å². The van der Waals surface area contributed by atoms with Crippen molar-refractivity contribution in [2.75, 3.05) is 13.2 Å². The van der Waals surface area contributed by atoms with E-state index in [0.717, 1.165) is 91.4 Å². The van der Waals surface area contributed by atoms with E-state index in [2.05, 4.69) is 58.5 Å². The molecular formula is C29H37N7OSi. The van der Waals surface area contributed by atoms with E-state index >= 15 is 0 Å². The molecule has 198 valence electrons. The van der Waals surface area contributed by atoms with Crippen molar-refractivity contribution in [3.05, 3.63) is 59.3 Å². The Bertz CT molecular complexity index is 1470. The second-order valence-corrected chi connectivity index (χ2v) is 17.2. The SMILES string of the molecule is Cc1cccc(-c2nn3c(c2-c2ccnc(-c4nc5c(n4COCC[Si](C)(C)C)CNCC5)c2)CCC3)n1. The molecule has 9 heteroatoms. The molecule has 0 saturated heterocycles. The number of nitrogens with zero attached hydrogens (tertiary/aromatic N) is 6. The first-order valence-electron chi connectivity index (χ1n) is 13.7. The van der Waals surface area contributed by atoms with Gasteiger partial charge in [-0.05, 0) is 55.6 Å². The molecule has 8 nitrogen and oxygen atoms in total. The Hall–Kier alpha value is -3.14. The third-order valence-corrected chi connectivity index (χ3v) is 9.16. The van der Waals surface area contributed by atoms with Gasteiger partial charge in [-0.25, -0.2) is 4.98 Å². The van der Waals surface area contributed by atoms with Crippen LogP contribution in [0.2, 0.25) is 25.7 Å². The van der Waals surface area contributed by atoms with Gasteiger partial charge in [0.15, 0.2) is 5.82 Å². The summed E-state index contributed by atoms with van der Waals surface area (Å²) in [4.78, 5) is 14.7. The van der Waals surface area contributed by atoms with Crippen molar-refractivity contribution in [2.45, 2.75) is 71.7 Å². The standard InChI is InChI=1S/C29H37N7OSi/c1-20-7-5-8-23(32-20)28-27(25-9-6-14-36(25)34-28)21-10-13-31-24(17-21)29-33-22-11-12-30-18-26(22)35(29)19-37-15-16-38(2,3)4/h5,7-8,10,13,17,30H,6,9,11-12,14-16,18-19H2,1-4H3. The molecule has 2 aliphatic heterocycles. The Morgan fingerprint density at radius 3 is 2.79 bits per heavy atom. The third-order valence-electron chi connectivity index (χ3n) is 7.45. The Labute approximate surface area is 225 Å². The smallest absolute Gasteiger partial charge is 0.161 e. The Morgan fingerprint density at radius 1 is 1.05 bits per heavy atom. The van der Waals surface area contributed by atoms with Gasteiger partial charge in [-0.2, -0.15) is 5.10 Å². The molecule has 2 aliphatic rings. The number of fused-ring (bicyclic) bond motifs is 2. The molecular weight excluding hydrogens is 490 g/mol. The molecule has 0 spiro atoms. The van der Waals surface area contributed by atoms with Crippen molar-refractivity contribution in [1.82, 2.24) is 34.6 Å². The normalized spacial score (nSPS) is 15.1.